The normalized spacial score (nSPS) is 23.1. The molecule has 5 heteroatoms. The zero-order chi connectivity index (χ0) is 9.84. The molecule has 1 aliphatic rings. The zero-order valence-corrected chi connectivity index (χ0v) is 8.81. The number of hydrogen-bond acceptors (Lipinski definition) is 4. The summed E-state index contributed by atoms with van der Waals surface area (Å²) in [5.41, 5.74) is 0. The van der Waals surface area contributed by atoms with E-state index in [1.807, 2.05) is 4.67 Å². The summed E-state index contributed by atoms with van der Waals surface area (Å²) in [5, 5.41) is 0. The molecule has 74 valence electrons. The Labute approximate surface area is 79.9 Å². The van der Waals surface area contributed by atoms with Crippen LogP contribution in [0, 0.1) is 0 Å². The summed E-state index contributed by atoms with van der Waals surface area (Å²) in [7, 11) is 2.50. The molecule has 0 aromatic carbocycles. The Balaban J connectivity index is 2.34. The largest absolute Gasteiger partial charge is 0.457 e. The molecule has 0 spiro atoms. The van der Waals surface area contributed by atoms with Crippen LogP contribution in [0.1, 0.15) is 19.8 Å². The average Bonchev–Trinajstić information content (AvgIpc) is 2.47. The number of hydrogen-bond donors (Lipinski definition) is 0. The molecule has 0 amide bonds. The van der Waals surface area contributed by atoms with Crippen LogP contribution in [0.2, 0.25) is 0 Å². The molecule has 0 aromatic heterocycles. The molecule has 1 saturated heterocycles. The van der Waals surface area contributed by atoms with Crippen LogP contribution < -0.4 is 0 Å². The van der Waals surface area contributed by atoms with E-state index < -0.39 is 0 Å². The van der Waals surface area contributed by atoms with Crippen molar-refractivity contribution in [1.82, 2.24) is 4.67 Å². The average molecular weight is 203 g/mol. The number of rotatable bonds is 3. The van der Waals surface area contributed by atoms with Gasteiger partial charge in [0.25, 0.3) is 0 Å². The van der Waals surface area contributed by atoms with E-state index in [0.29, 0.717) is 0 Å². The van der Waals surface area contributed by atoms with Gasteiger partial charge in [0, 0.05) is 6.54 Å². The third-order valence-electron chi connectivity index (χ3n) is 1.98. The Morgan fingerprint density at radius 3 is 2.77 bits per heavy atom. The van der Waals surface area contributed by atoms with Gasteiger partial charge < -0.3 is 4.74 Å². The third-order valence-corrected chi connectivity index (χ3v) is 2.60. The van der Waals surface area contributed by atoms with E-state index in [-0.39, 0.29) is 24.4 Å². The second-order valence-corrected chi connectivity index (χ2v) is 3.87. The lowest BCUT2D eigenvalue weighted by atomic mass is 10.2. The predicted molar refractivity (Wildman–Crippen MR) is 51.1 cm³/mol. The van der Waals surface area contributed by atoms with Crippen LogP contribution in [0.15, 0.2) is 0 Å². The fourth-order valence-corrected chi connectivity index (χ4v) is 1.76. The molecular formula is C8H14NO3P. The molecule has 0 aromatic rings. The monoisotopic (exact) mass is 203 g/mol. The lowest BCUT2D eigenvalue weighted by molar-refractivity contribution is -0.150. The maximum atomic E-state index is 11.3. The molecule has 0 aliphatic carbocycles. The van der Waals surface area contributed by atoms with Crippen molar-refractivity contribution >= 4 is 21.1 Å². The number of esters is 1. The first-order valence-electron chi connectivity index (χ1n) is 4.28. The van der Waals surface area contributed by atoms with Gasteiger partial charge >= 0.3 is 5.97 Å². The first-order chi connectivity index (χ1) is 6.11. The number of ketones is 1. The number of carbonyl (C=O) groups excluding carboxylic acids is 2. The Bertz CT molecular complexity index is 219. The summed E-state index contributed by atoms with van der Waals surface area (Å²) in [6.45, 7) is 2.19. The molecule has 1 rings (SSSR count). The van der Waals surface area contributed by atoms with Gasteiger partial charge in [-0.2, -0.15) is 0 Å². The van der Waals surface area contributed by atoms with Gasteiger partial charge in [-0.05, 0) is 19.8 Å². The van der Waals surface area contributed by atoms with Gasteiger partial charge in [0.1, 0.15) is 12.6 Å². The number of nitrogens with zero attached hydrogens (tertiary/aromatic N) is 1. The van der Waals surface area contributed by atoms with Gasteiger partial charge in [0.15, 0.2) is 5.78 Å². The first kappa shape index (κ1) is 10.6. The van der Waals surface area contributed by atoms with Crippen LogP contribution in [-0.2, 0) is 14.3 Å². The zero-order valence-electron chi connectivity index (χ0n) is 7.66. The summed E-state index contributed by atoms with van der Waals surface area (Å²) in [6, 6.07) is -0.177. The second-order valence-electron chi connectivity index (χ2n) is 3.21. The van der Waals surface area contributed by atoms with Crippen LogP contribution >= 0.6 is 9.39 Å². The van der Waals surface area contributed by atoms with E-state index in [1.165, 1.54) is 6.92 Å². The fraction of sp³-hybridized carbons (Fsp3) is 0.750. The standard InChI is InChI=1S/C8H14NO3P/c1-6(10)5-12-8(11)7-3-2-4-9(7)13/h7H,2-5,13H2,1H3/t7-/m0/s1. The fourth-order valence-electron chi connectivity index (χ4n) is 1.31. The third kappa shape index (κ3) is 3.05. The summed E-state index contributed by atoms with van der Waals surface area (Å²) in [6.07, 6.45) is 1.82. The van der Waals surface area contributed by atoms with Crippen LogP contribution in [-0.4, -0.2) is 35.6 Å². The molecule has 13 heavy (non-hydrogen) atoms. The summed E-state index contributed by atoms with van der Waals surface area (Å²) in [4.78, 5) is 21.9. The molecular weight excluding hydrogens is 189 g/mol. The first-order valence-corrected chi connectivity index (χ1v) is 4.80. The van der Waals surface area contributed by atoms with Gasteiger partial charge in [0.05, 0.1) is 0 Å². The van der Waals surface area contributed by atoms with Crippen molar-refractivity contribution in [2.45, 2.75) is 25.8 Å². The molecule has 1 heterocycles. The van der Waals surface area contributed by atoms with Gasteiger partial charge in [-0.25, -0.2) is 0 Å². The van der Waals surface area contributed by atoms with Crippen LogP contribution in [0.3, 0.4) is 0 Å². The maximum Gasteiger partial charge on any atom is 0.324 e. The predicted octanol–water partition coefficient (Wildman–Crippen LogP) is 0.373. The van der Waals surface area contributed by atoms with Crippen molar-refractivity contribution in [3.05, 3.63) is 0 Å². The molecule has 0 bridgehead atoms. The van der Waals surface area contributed by atoms with Gasteiger partial charge in [-0.3, -0.25) is 14.3 Å². The molecule has 0 saturated carbocycles. The van der Waals surface area contributed by atoms with Crippen molar-refractivity contribution in [2.24, 2.45) is 0 Å². The highest BCUT2D eigenvalue weighted by Crippen LogP contribution is 2.21. The molecule has 1 unspecified atom stereocenters. The Morgan fingerprint density at radius 1 is 1.62 bits per heavy atom. The molecule has 0 N–H and O–H groups in total. The van der Waals surface area contributed by atoms with Gasteiger partial charge in [0.2, 0.25) is 0 Å². The van der Waals surface area contributed by atoms with E-state index in [2.05, 4.69) is 9.39 Å². The smallest absolute Gasteiger partial charge is 0.324 e. The van der Waals surface area contributed by atoms with E-state index in [0.717, 1.165) is 19.4 Å². The highest BCUT2D eigenvalue weighted by molar-refractivity contribution is 7.13. The van der Waals surface area contributed by atoms with E-state index >= 15 is 0 Å². The SMILES string of the molecule is CC(=O)COC(=O)[C@@H]1CCCN1P. The Kier molecular flexibility index (Phi) is 3.82. The maximum absolute atomic E-state index is 11.3. The summed E-state index contributed by atoms with van der Waals surface area (Å²) >= 11 is 0. The van der Waals surface area contributed by atoms with Crippen LogP contribution in [0.5, 0.6) is 0 Å². The minimum absolute atomic E-state index is 0.103. The topological polar surface area (TPSA) is 46.6 Å². The van der Waals surface area contributed by atoms with Crippen molar-refractivity contribution in [1.29, 1.82) is 0 Å². The quantitative estimate of drug-likeness (QED) is 0.491. The van der Waals surface area contributed by atoms with E-state index in [4.69, 9.17) is 4.74 Å². The Hall–Kier alpha value is -0.470. The highest BCUT2D eigenvalue weighted by atomic mass is 31.0. The van der Waals surface area contributed by atoms with Crippen LogP contribution in [0.4, 0.5) is 0 Å². The molecule has 4 nitrogen and oxygen atoms in total. The van der Waals surface area contributed by atoms with Gasteiger partial charge in [-0.15, -0.1) is 0 Å². The minimum atomic E-state index is -0.289. The van der Waals surface area contributed by atoms with Crippen molar-refractivity contribution in [3.8, 4) is 0 Å². The lowest BCUT2D eigenvalue weighted by Gasteiger charge is -2.16. The molecule has 1 fully saturated rings. The van der Waals surface area contributed by atoms with Crippen molar-refractivity contribution in [2.75, 3.05) is 13.2 Å². The van der Waals surface area contributed by atoms with Crippen molar-refractivity contribution < 1.29 is 14.3 Å². The second kappa shape index (κ2) is 4.68. The summed E-state index contributed by atoms with van der Waals surface area (Å²) in [5.74, 6) is -0.413. The van der Waals surface area contributed by atoms with Crippen molar-refractivity contribution in [3.63, 3.8) is 0 Å². The van der Waals surface area contributed by atoms with Gasteiger partial charge in [-0.1, -0.05) is 9.39 Å². The Morgan fingerprint density at radius 2 is 2.31 bits per heavy atom. The number of carbonyl (C=O) groups is 2. The van der Waals surface area contributed by atoms with E-state index in [9.17, 15) is 9.59 Å². The number of ether oxygens (including phenoxy) is 1. The molecule has 1 aliphatic heterocycles. The summed E-state index contributed by atoms with van der Waals surface area (Å²) < 4.78 is 6.69. The lowest BCUT2D eigenvalue weighted by Crippen LogP contribution is -2.31. The minimum Gasteiger partial charge on any atom is -0.457 e. The molecule has 0 radical (unpaired) electrons. The molecule has 2 atom stereocenters. The highest BCUT2D eigenvalue weighted by Gasteiger charge is 2.29. The van der Waals surface area contributed by atoms with E-state index in [1.54, 1.807) is 0 Å². The number of Topliss-reactive ketones (excluding diaryl/α,β-unsaturated/α-hetero) is 1. The van der Waals surface area contributed by atoms with Crippen LogP contribution in [0.25, 0.3) is 0 Å².